The Kier molecular flexibility index (Phi) is 6.16. The zero-order valence-corrected chi connectivity index (χ0v) is 13.0. The smallest absolute Gasteiger partial charge is 0.304 e. The van der Waals surface area contributed by atoms with Gasteiger partial charge in [-0.2, -0.15) is 0 Å². The van der Waals surface area contributed by atoms with Crippen molar-refractivity contribution in [2.24, 2.45) is 0 Å². The second kappa shape index (κ2) is 8.35. The molecule has 0 saturated heterocycles. The van der Waals surface area contributed by atoms with Gasteiger partial charge in [0.1, 0.15) is 0 Å². The first-order valence-electron chi connectivity index (χ1n) is 7.72. The largest absolute Gasteiger partial charge is 0.481 e. The van der Waals surface area contributed by atoms with Crippen LogP contribution < -0.4 is 0 Å². The molecule has 0 amide bonds. The quantitative estimate of drug-likeness (QED) is 0.809. The lowest BCUT2D eigenvalue weighted by atomic mass is 10.0. The zero-order chi connectivity index (χ0) is 15.8. The van der Waals surface area contributed by atoms with Crippen LogP contribution in [0.25, 0.3) is 0 Å². The van der Waals surface area contributed by atoms with E-state index in [1.54, 1.807) is 0 Å². The molecule has 0 bridgehead atoms. The van der Waals surface area contributed by atoms with Gasteiger partial charge < -0.3 is 5.11 Å². The number of benzene rings is 2. The fourth-order valence-corrected chi connectivity index (χ4v) is 2.74. The first kappa shape index (κ1) is 16.2. The molecule has 3 nitrogen and oxygen atoms in total. The van der Waals surface area contributed by atoms with Crippen molar-refractivity contribution in [1.29, 1.82) is 0 Å². The molecule has 0 aliphatic carbocycles. The van der Waals surface area contributed by atoms with E-state index in [2.05, 4.69) is 36.1 Å². The van der Waals surface area contributed by atoms with Crippen molar-refractivity contribution in [3.63, 3.8) is 0 Å². The summed E-state index contributed by atoms with van der Waals surface area (Å²) in [6.07, 6.45) is 0.920. The fourth-order valence-electron chi connectivity index (χ4n) is 2.74. The molecule has 1 N–H and O–H groups in total. The molecule has 0 heterocycles. The Labute approximate surface area is 132 Å². The summed E-state index contributed by atoms with van der Waals surface area (Å²) in [4.78, 5) is 13.5. The molecule has 0 aliphatic rings. The summed E-state index contributed by atoms with van der Waals surface area (Å²) in [7, 11) is 0. The number of nitrogens with zero attached hydrogens (tertiary/aromatic N) is 1. The summed E-state index contributed by atoms with van der Waals surface area (Å²) in [6.45, 7) is 3.70. The van der Waals surface area contributed by atoms with E-state index in [0.717, 1.165) is 19.5 Å². The van der Waals surface area contributed by atoms with Gasteiger partial charge in [-0.15, -0.1) is 0 Å². The number of carboxylic acid groups (broad SMARTS) is 1. The Morgan fingerprint density at radius 1 is 1.00 bits per heavy atom. The third-order valence-electron chi connectivity index (χ3n) is 3.88. The highest BCUT2D eigenvalue weighted by atomic mass is 16.4. The van der Waals surface area contributed by atoms with Crippen LogP contribution in [0.5, 0.6) is 0 Å². The Hall–Kier alpha value is -2.13. The van der Waals surface area contributed by atoms with Gasteiger partial charge in [0.15, 0.2) is 0 Å². The second-order valence-electron chi connectivity index (χ2n) is 5.49. The van der Waals surface area contributed by atoms with E-state index in [1.165, 1.54) is 11.1 Å². The number of hydrogen-bond acceptors (Lipinski definition) is 2. The summed E-state index contributed by atoms with van der Waals surface area (Å²) in [5.74, 6) is -0.743. The second-order valence-corrected chi connectivity index (χ2v) is 5.49. The molecule has 2 aromatic rings. The molecule has 116 valence electrons. The van der Waals surface area contributed by atoms with E-state index < -0.39 is 5.97 Å². The summed E-state index contributed by atoms with van der Waals surface area (Å²) in [5.41, 5.74) is 2.40. The number of rotatable bonds is 8. The summed E-state index contributed by atoms with van der Waals surface area (Å²) >= 11 is 0. The van der Waals surface area contributed by atoms with Crippen LogP contribution in [0.1, 0.15) is 24.5 Å². The minimum absolute atomic E-state index is 0.00473. The van der Waals surface area contributed by atoms with Crippen molar-refractivity contribution < 1.29 is 9.90 Å². The third-order valence-corrected chi connectivity index (χ3v) is 3.88. The Morgan fingerprint density at radius 3 is 2.05 bits per heavy atom. The van der Waals surface area contributed by atoms with Gasteiger partial charge in [-0.3, -0.25) is 9.69 Å². The first-order chi connectivity index (χ1) is 10.7. The van der Waals surface area contributed by atoms with Crippen molar-refractivity contribution in [2.75, 3.05) is 6.54 Å². The lowest BCUT2D eigenvalue weighted by Crippen LogP contribution is -2.38. The van der Waals surface area contributed by atoms with E-state index in [4.69, 9.17) is 0 Å². The van der Waals surface area contributed by atoms with Crippen LogP contribution in [0.15, 0.2) is 60.7 Å². The molecule has 2 aromatic carbocycles. The van der Waals surface area contributed by atoms with Crippen molar-refractivity contribution in [1.82, 2.24) is 4.90 Å². The Balaban J connectivity index is 2.12. The van der Waals surface area contributed by atoms with E-state index in [1.807, 2.05) is 36.4 Å². The Bertz CT molecular complexity index is 569. The topological polar surface area (TPSA) is 40.5 Å². The van der Waals surface area contributed by atoms with Gasteiger partial charge >= 0.3 is 5.97 Å². The maximum absolute atomic E-state index is 11.2. The predicted molar refractivity (Wildman–Crippen MR) is 88.7 cm³/mol. The average Bonchev–Trinajstić information content (AvgIpc) is 2.53. The normalized spacial score (nSPS) is 12.3. The SMILES string of the molecule is CCN(Cc1ccccc1)C(CC(=O)O)Cc1ccccc1. The fraction of sp³-hybridized carbons (Fsp3) is 0.316. The monoisotopic (exact) mass is 297 g/mol. The van der Waals surface area contributed by atoms with Crippen molar-refractivity contribution >= 4 is 5.97 Å². The lowest BCUT2D eigenvalue weighted by Gasteiger charge is -2.30. The van der Waals surface area contributed by atoms with Crippen LogP contribution in [-0.2, 0) is 17.8 Å². The molecule has 1 atom stereocenters. The van der Waals surface area contributed by atoms with Crippen LogP contribution >= 0.6 is 0 Å². The van der Waals surface area contributed by atoms with Crippen LogP contribution in [0, 0.1) is 0 Å². The zero-order valence-electron chi connectivity index (χ0n) is 13.0. The van der Waals surface area contributed by atoms with Gasteiger partial charge in [-0.1, -0.05) is 67.6 Å². The molecule has 0 radical (unpaired) electrons. The molecular weight excluding hydrogens is 274 g/mol. The molecule has 2 rings (SSSR count). The van der Waals surface area contributed by atoms with Crippen molar-refractivity contribution in [3.8, 4) is 0 Å². The maximum atomic E-state index is 11.2. The van der Waals surface area contributed by atoms with Gasteiger partial charge in [0, 0.05) is 12.6 Å². The van der Waals surface area contributed by atoms with E-state index in [9.17, 15) is 9.90 Å². The molecule has 1 unspecified atom stereocenters. The number of aliphatic carboxylic acids is 1. The van der Waals surface area contributed by atoms with Gasteiger partial charge in [0.2, 0.25) is 0 Å². The first-order valence-corrected chi connectivity index (χ1v) is 7.72. The molecule has 0 fully saturated rings. The van der Waals surface area contributed by atoms with Gasteiger partial charge in [-0.05, 0) is 24.1 Å². The van der Waals surface area contributed by atoms with Crippen LogP contribution in [-0.4, -0.2) is 28.6 Å². The summed E-state index contributed by atoms with van der Waals surface area (Å²) < 4.78 is 0. The van der Waals surface area contributed by atoms with Crippen LogP contribution in [0.2, 0.25) is 0 Å². The van der Waals surface area contributed by atoms with Gasteiger partial charge in [-0.25, -0.2) is 0 Å². The molecule has 22 heavy (non-hydrogen) atoms. The maximum Gasteiger partial charge on any atom is 0.304 e. The number of likely N-dealkylation sites (N-methyl/N-ethyl adjacent to an activating group) is 1. The predicted octanol–water partition coefficient (Wildman–Crippen LogP) is 3.59. The molecule has 3 heteroatoms. The number of carboxylic acids is 1. The molecule has 0 saturated carbocycles. The highest BCUT2D eigenvalue weighted by molar-refractivity contribution is 5.67. The number of hydrogen-bond donors (Lipinski definition) is 1. The lowest BCUT2D eigenvalue weighted by molar-refractivity contribution is -0.138. The molecule has 0 aromatic heterocycles. The van der Waals surface area contributed by atoms with Crippen molar-refractivity contribution in [3.05, 3.63) is 71.8 Å². The number of carbonyl (C=O) groups is 1. The highest BCUT2D eigenvalue weighted by Gasteiger charge is 2.20. The van der Waals surface area contributed by atoms with E-state index in [0.29, 0.717) is 0 Å². The van der Waals surface area contributed by atoms with Gasteiger partial charge in [0.25, 0.3) is 0 Å². The van der Waals surface area contributed by atoms with E-state index >= 15 is 0 Å². The average molecular weight is 297 g/mol. The van der Waals surface area contributed by atoms with Crippen LogP contribution in [0.3, 0.4) is 0 Å². The van der Waals surface area contributed by atoms with Gasteiger partial charge in [0.05, 0.1) is 6.42 Å². The standard InChI is InChI=1S/C19H23NO2/c1-2-20(15-17-11-7-4-8-12-17)18(14-19(21)22)13-16-9-5-3-6-10-16/h3-12,18H,2,13-15H2,1H3,(H,21,22). The minimum Gasteiger partial charge on any atom is -0.481 e. The van der Waals surface area contributed by atoms with Crippen molar-refractivity contribution in [2.45, 2.75) is 32.4 Å². The third kappa shape index (κ3) is 5.01. The molecule has 0 spiro atoms. The summed E-state index contributed by atoms with van der Waals surface area (Å²) in [5, 5.41) is 9.25. The van der Waals surface area contributed by atoms with E-state index in [-0.39, 0.29) is 12.5 Å². The minimum atomic E-state index is -0.743. The molecule has 0 aliphatic heterocycles. The Morgan fingerprint density at radius 2 is 1.55 bits per heavy atom. The molecular formula is C19H23NO2. The summed E-state index contributed by atoms with van der Waals surface area (Å²) in [6, 6.07) is 20.3. The van der Waals surface area contributed by atoms with Crippen LogP contribution in [0.4, 0.5) is 0 Å². The highest BCUT2D eigenvalue weighted by Crippen LogP contribution is 2.16.